The predicted octanol–water partition coefficient (Wildman–Crippen LogP) is -1.94. The van der Waals surface area contributed by atoms with E-state index in [0.717, 1.165) is 0 Å². The maximum Gasteiger partial charge on any atom is 1.00 e. The van der Waals surface area contributed by atoms with Crippen molar-refractivity contribution in [3.8, 4) is 0 Å². The van der Waals surface area contributed by atoms with Gasteiger partial charge < -0.3 is 5.21 Å². The second-order valence-electron chi connectivity index (χ2n) is 1.25. The van der Waals surface area contributed by atoms with Crippen LogP contribution in [0, 0.1) is 5.21 Å². The molecule has 0 saturated carbocycles. The Morgan fingerprint density at radius 2 is 2.20 bits per heavy atom. The first-order valence-electron chi connectivity index (χ1n) is 2.23. The summed E-state index contributed by atoms with van der Waals surface area (Å²) in [6.45, 7) is 0. The Hall–Kier alpha value is -0.923. The fourth-order valence-corrected chi connectivity index (χ4v) is 0.385. The molecule has 1 heterocycles. The van der Waals surface area contributed by atoms with Crippen LogP contribution in [0.25, 0.3) is 0 Å². The van der Waals surface area contributed by atoms with E-state index in [9.17, 15) is 5.21 Å². The summed E-state index contributed by atoms with van der Waals surface area (Å²) in [5.74, 6) is 0.229. The average molecular weight is 130 g/mol. The zero-order valence-electron chi connectivity index (χ0n) is 5.43. The molecule has 0 amide bonds. The number of hydrogen-bond acceptors (Lipinski definition) is 5. The quantitative estimate of drug-likeness (QED) is 0.252. The van der Waals surface area contributed by atoms with Gasteiger partial charge in [-0.1, -0.05) is 0 Å². The third-order valence-corrected chi connectivity index (χ3v) is 0.693. The maximum atomic E-state index is 9.49. The van der Waals surface area contributed by atoms with Gasteiger partial charge in [-0.3, -0.25) is 4.98 Å². The number of nitrogens with zero attached hydrogens (tertiary/aromatic N) is 4. The summed E-state index contributed by atoms with van der Waals surface area (Å²) in [4.78, 5) is 7.29. The van der Waals surface area contributed by atoms with Gasteiger partial charge in [0.25, 0.3) is 0 Å². The predicted molar refractivity (Wildman–Crippen MR) is 29.9 cm³/mol. The molecule has 0 N–H and O–H groups in total. The van der Waals surface area contributed by atoms with Crippen molar-refractivity contribution >= 4 is 5.82 Å². The van der Waals surface area contributed by atoms with Gasteiger partial charge in [-0.05, 0) is 0 Å². The molecule has 0 aliphatic heterocycles. The van der Waals surface area contributed by atoms with Crippen LogP contribution in [-0.2, 0) is 0 Å². The molecule has 1 rings (SSSR count). The van der Waals surface area contributed by atoms with Gasteiger partial charge in [-0.25, -0.2) is 10.3 Å². The number of aromatic nitrogens is 2. The van der Waals surface area contributed by atoms with Crippen molar-refractivity contribution in [2.45, 2.75) is 0 Å². The van der Waals surface area contributed by atoms with Gasteiger partial charge in [0.05, 0.1) is 6.20 Å². The topological polar surface area (TPSA) is 73.6 Å². The van der Waals surface area contributed by atoms with Gasteiger partial charge in [0.15, 0.2) is 5.82 Å². The summed E-state index contributed by atoms with van der Waals surface area (Å²) < 4.78 is 0. The molecule has 0 spiro atoms. The molecule has 5 nitrogen and oxygen atoms in total. The molecule has 1 aromatic rings. The minimum absolute atomic E-state index is 0. The molecule has 0 atom stereocenters. The Balaban J connectivity index is 0.000000810. The van der Waals surface area contributed by atoms with Crippen LogP contribution < -0.4 is 18.9 Å². The van der Waals surface area contributed by atoms with Crippen LogP contribution in [-0.4, -0.2) is 9.97 Å². The second-order valence-corrected chi connectivity index (χ2v) is 1.25. The average Bonchev–Trinajstić information content (AvgIpc) is 1.91. The fraction of sp³-hybridized carbons (Fsp3) is 0. The van der Waals surface area contributed by atoms with E-state index < -0.39 is 0 Å². The molecule has 0 aliphatic rings. The molecule has 0 bridgehead atoms. The van der Waals surface area contributed by atoms with Gasteiger partial charge in [0.1, 0.15) is 0 Å². The van der Waals surface area contributed by atoms with E-state index >= 15 is 0 Å². The van der Waals surface area contributed by atoms with Gasteiger partial charge >= 0.3 is 18.9 Å². The van der Waals surface area contributed by atoms with Gasteiger partial charge in [-0.15, -0.1) is 5.11 Å². The largest absolute Gasteiger partial charge is 1.00 e. The van der Waals surface area contributed by atoms with E-state index in [1.165, 1.54) is 18.6 Å². The molecular weight excluding hydrogens is 127 g/mol. The molecule has 0 fully saturated rings. The molecule has 46 valence electrons. The Bertz CT molecular complexity index is 202. The van der Waals surface area contributed by atoms with Crippen LogP contribution in [0.4, 0.5) is 5.82 Å². The smallest absolute Gasteiger partial charge is 0.775 e. The first-order chi connectivity index (χ1) is 4.43. The van der Waals surface area contributed by atoms with Crippen molar-refractivity contribution in [1.29, 1.82) is 0 Å². The summed E-state index contributed by atoms with van der Waals surface area (Å²) >= 11 is 0. The Kier molecular flexibility index (Phi) is 4.46. The normalized spacial score (nSPS) is 9.20. The Labute approximate surface area is 69.4 Å². The molecular formula is C4H3LiN4O. The number of hydrogen-bond donors (Lipinski definition) is 0. The molecule has 0 radical (unpaired) electrons. The van der Waals surface area contributed by atoms with E-state index in [0.29, 0.717) is 0 Å². The minimum atomic E-state index is 0. The van der Waals surface area contributed by atoms with E-state index in [2.05, 4.69) is 20.4 Å². The van der Waals surface area contributed by atoms with Gasteiger partial charge in [0.2, 0.25) is 0 Å². The van der Waals surface area contributed by atoms with E-state index in [1.54, 1.807) is 0 Å². The summed E-state index contributed by atoms with van der Waals surface area (Å²) in [5.41, 5.74) is 0. The standard InChI is InChI=1S/C4H4N4O.Li/c9-8-7-4-3-5-1-2-6-4;/h1-3H,(H,6,7,9);/q;+1/p-1. The zero-order chi connectivity index (χ0) is 6.53. The molecule has 0 unspecified atom stereocenters. The minimum Gasteiger partial charge on any atom is -0.775 e. The van der Waals surface area contributed by atoms with Crippen molar-refractivity contribution < 1.29 is 18.9 Å². The van der Waals surface area contributed by atoms with Crippen molar-refractivity contribution in [2.24, 2.45) is 10.4 Å². The third-order valence-electron chi connectivity index (χ3n) is 0.693. The Morgan fingerprint density at radius 3 is 2.70 bits per heavy atom. The summed E-state index contributed by atoms with van der Waals surface area (Å²) in [6.07, 6.45) is 4.27. The summed E-state index contributed by atoms with van der Waals surface area (Å²) in [6, 6.07) is 0. The van der Waals surface area contributed by atoms with Crippen LogP contribution in [0.3, 0.4) is 0 Å². The van der Waals surface area contributed by atoms with Gasteiger partial charge in [-0.2, -0.15) is 0 Å². The van der Waals surface area contributed by atoms with Crippen LogP contribution in [0.1, 0.15) is 0 Å². The van der Waals surface area contributed by atoms with Crippen molar-refractivity contribution in [3.05, 3.63) is 23.8 Å². The second kappa shape index (κ2) is 4.91. The molecule has 1 aromatic heterocycles. The molecule has 0 saturated heterocycles. The van der Waals surface area contributed by atoms with Crippen LogP contribution in [0.2, 0.25) is 0 Å². The maximum absolute atomic E-state index is 9.49. The van der Waals surface area contributed by atoms with E-state index in [-0.39, 0.29) is 24.7 Å². The molecule has 0 aliphatic carbocycles. The molecule has 6 heteroatoms. The first kappa shape index (κ1) is 9.08. The van der Waals surface area contributed by atoms with Crippen LogP contribution in [0.5, 0.6) is 0 Å². The third kappa shape index (κ3) is 2.57. The van der Waals surface area contributed by atoms with E-state index in [4.69, 9.17) is 0 Å². The molecule has 0 aromatic carbocycles. The number of rotatable bonds is 1. The molecule has 10 heavy (non-hydrogen) atoms. The van der Waals surface area contributed by atoms with Crippen LogP contribution >= 0.6 is 0 Å². The van der Waals surface area contributed by atoms with E-state index in [1.807, 2.05) is 0 Å². The zero-order valence-corrected chi connectivity index (χ0v) is 5.43. The van der Waals surface area contributed by atoms with Crippen molar-refractivity contribution in [3.63, 3.8) is 0 Å². The first-order valence-corrected chi connectivity index (χ1v) is 2.23. The monoisotopic (exact) mass is 130 g/mol. The Morgan fingerprint density at radius 1 is 1.40 bits per heavy atom. The summed E-state index contributed by atoms with van der Waals surface area (Å²) in [5, 5.41) is 14.9. The van der Waals surface area contributed by atoms with Crippen LogP contribution in [0.15, 0.2) is 29.0 Å². The fourth-order valence-electron chi connectivity index (χ4n) is 0.385. The summed E-state index contributed by atoms with van der Waals surface area (Å²) in [7, 11) is 0. The van der Waals surface area contributed by atoms with Crippen molar-refractivity contribution in [2.75, 3.05) is 0 Å². The SMILES string of the molecule is [Li+].[O-]N=Nc1cnccn1. The van der Waals surface area contributed by atoms with Crippen molar-refractivity contribution in [1.82, 2.24) is 9.97 Å². The van der Waals surface area contributed by atoms with Gasteiger partial charge in [0, 0.05) is 12.4 Å².